The van der Waals surface area contributed by atoms with Gasteiger partial charge < -0.3 is 25.2 Å². The van der Waals surface area contributed by atoms with Gasteiger partial charge in [-0.3, -0.25) is 0 Å². The van der Waals surface area contributed by atoms with Crippen molar-refractivity contribution in [2.75, 3.05) is 20.1 Å². The van der Waals surface area contributed by atoms with Gasteiger partial charge in [0, 0.05) is 43.7 Å². The molecular weight excluding hydrogens is 479 g/mol. The molecule has 1 aromatic heterocycles. The number of piperidine rings is 1. The Morgan fingerprint density at radius 2 is 2.11 bits per heavy atom. The maximum atomic E-state index is 13.2. The van der Waals surface area contributed by atoms with Gasteiger partial charge in [-0.1, -0.05) is 11.3 Å². The lowest BCUT2D eigenvalue weighted by molar-refractivity contribution is -0.274. The van der Waals surface area contributed by atoms with Crippen LogP contribution >= 0.6 is 0 Å². The van der Waals surface area contributed by atoms with Crippen LogP contribution in [0.15, 0.2) is 30.5 Å². The van der Waals surface area contributed by atoms with E-state index in [-0.39, 0.29) is 41.9 Å². The molecular formula is C23H28F3N7O3. The Morgan fingerprint density at radius 3 is 2.83 bits per heavy atom. The van der Waals surface area contributed by atoms with Gasteiger partial charge in [0.1, 0.15) is 11.4 Å². The number of ether oxygens (including phenoxy) is 1. The van der Waals surface area contributed by atoms with Crippen molar-refractivity contribution in [2.24, 2.45) is 5.41 Å². The summed E-state index contributed by atoms with van der Waals surface area (Å²) >= 11 is 0. The van der Waals surface area contributed by atoms with Crippen LogP contribution in [0, 0.1) is 5.41 Å². The molecule has 2 saturated carbocycles. The van der Waals surface area contributed by atoms with Crippen LogP contribution < -0.4 is 15.4 Å². The minimum absolute atomic E-state index is 0.0443. The molecule has 194 valence electrons. The van der Waals surface area contributed by atoms with Gasteiger partial charge in [0.05, 0.1) is 18.4 Å². The topological polar surface area (TPSA) is 105 Å². The fourth-order valence-corrected chi connectivity index (χ4v) is 5.15. The zero-order valence-corrected chi connectivity index (χ0v) is 19.8. The smallest absolute Gasteiger partial charge is 0.406 e. The molecule has 10 nitrogen and oxygen atoms in total. The molecule has 1 spiro atoms. The van der Waals surface area contributed by atoms with Crippen molar-refractivity contribution >= 4 is 12.1 Å². The van der Waals surface area contributed by atoms with E-state index >= 15 is 0 Å². The van der Waals surface area contributed by atoms with Gasteiger partial charge in [0.2, 0.25) is 0 Å². The zero-order valence-electron chi connectivity index (χ0n) is 19.8. The molecule has 3 aliphatic rings. The lowest BCUT2D eigenvalue weighted by Crippen LogP contribution is -2.49. The highest BCUT2D eigenvalue weighted by atomic mass is 19.4. The van der Waals surface area contributed by atoms with Crippen LogP contribution in [0.3, 0.4) is 0 Å². The van der Waals surface area contributed by atoms with Crippen LogP contribution in [0.2, 0.25) is 0 Å². The molecule has 5 rings (SSSR count). The van der Waals surface area contributed by atoms with Gasteiger partial charge in [-0.2, -0.15) is 0 Å². The van der Waals surface area contributed by atoms with Gasteiger partial charge in [-0.15, -0.1) is 18.3 Å². The average Bonchev–Trinajstić information content (AvgIpc) is 3.74. The number of aromatic nitrogens is 3. The molecule has 3 fully saturated rings. The van der Waals surface area contributed by atoms with E-state index in [0.29, 0.717) is 17.9 Å². The average molecular weight is 508 g/mol. The van der Waals surface area contributed by atoms with E-state index < -0.39 is 6.36 Å². The molecule has 2 aliphatic carbocycles. The first-order valence-corrected chi connectivity index (χ1v) is 12.0. The summed E-state index contributed by atoms with van der Waals surface area (Å²) in [6.07, 6.45) is 1.49. The summed E-state index contributed by atoms with van der Waals surface area (Å²) in [6, 6.07) is 5.46. The van der Waals surface area contributed by atoms with Crippen molar-refractivity contribution in [2.45, 2.75) is 57.1 Å². The SMILES string of the molecule is CNC(=O)N1CCCC2(CC2N(C(=O)NCc2cn(-c3cccc(OC(F)(F)F)c3)nn2)C2CC2)C1. The summed E-state index contributed by atoms with van der Waals surface area (Å²) in [7, 11) is 1.63. The Hall–Kier alpha value is -3.51. The van der Waals surface area contributed by atoms with Crippen LogP contribution in [-0.4, -0.2) is 75.4 Å². The number of nitrogens with zero attached hydrogens (tertiary/aromatic N) is 5. The monoisotopic (exact) mass is 507 g/mol. The van der Waals surface area contributed by atoms with Gasteiger partial charge in [0.25, 0.3) is 0 Å². The molecule has 36 heavy (non-hydrogen) atoms. The molecule has 13 heteroatoms. The molecule has 1 saturated heterocycles. The molecule has 0 bridgehead atoms. The van der Waals surface area contributed by atoms with Gasteiger partial charge in [-0.05, 0) is 44.2 Å². The number of carbonyl (C=O) groups excluding carboxylic acids is 2. The number of nitrogens with one attached hydrogen (secondary N) is 2. The van der Waals surface area contributed by atoms with Crippen molar-refractivity contribution in [1.82, 2.24) is 35.4 Å². The van der Waals surface area contributed by atoms with Gasteiger partial charge >= 0.3 is 18.4 Å². The molecule has 1 aliphatic heterocycles. The summed E-state index contributed by atoms with van der Waals surface area (Å²) < 4.78 is 42.8. The highest BCUT2D eigenvalue weighted by Gasteiger charge is 2.61. The number of amides is 4. The summed E-state index contributed by atoms with van der Waals surface area (Å²) in [4.78, 5) is 29.1. The summed E-state index contributed by atoms with van der Waals surface area (Å²) in [5, 5.41) is 13.6. The summed E-state index contributed by atoms with van der Waals surface area (Å²) in [6.45, 7) is 1.51. The number of hydrogen-bond donors (Lipinski definition) is 2. The van der Waals surface area contributed by atoms with E-state index in [2.05, 4.69) is 25.7 Å². The molecule has 0 radical (unpaired) electrons. The van der Waals surface area contributed by atoms with Crippen molar-refractivity contribution in [3.63, 3.8) is 0 Å². The van der Waals surface area contributed by atoms with E-state index in [1.807, 2.05) is 9.80 Å². The van der Waals surface area contributed by atoms with Crippen LogP contribution in [0.1, 0.15) is 37.8 Å². The lowest BCUT2D eigenvalue weighted by Gasteiger charge is -2.35. The highest BCUT2D eigenvalue weighted by Crippen LogP contribution is 2.57. The Kier molecular flexibility index (Phi) is 6.17. The fourth-order valence-electron chi connectivity index (χ4n) is 5.15. The predicted molar refractivity (Wildman–Crippen MR) is 121 cm³/mol. The summed E-state index contributed by atoms with van der Waals surface area (Å²) in [5.74, 6) is -0.360. The Bertz CT molecular complexity index is 1140. The molecule has 2 atom stereocenters. The van der Waals surface area contributed by atoms with Crippen molar-refractivity contribution < 1.29 is 27.5 Å². The van der Waals surface area contributed by atoms with Crippen molar-refractivity contribution in [3.05, 3.63) is 36.2 Å². The standard InChI is InChI=1S/C23H28F3N7O3/c1-27-20(34)31-9-3-8-22(14-31)11-19(22)33(16-6-7-16)21(35)28-12-15-13-32(30-29-15)17-4-2-5-18(10-17)36-23(24,25)26/h2,4-5,10,13,16,19H,3,6-9,11-12,14H2,1H3,(H,27,34)(H,28,35). The second-order valence-corrected chi connectivity index (χ2v) is 9.66. The summed E-state index contributed by atoms with van der Waals surface area (Å²) in [5.41, 5.74) is 0.770. The van der Waals surface area contributed by atoms with E-state index in [9.17, 15) is 22.8 Å². The Morgan fingerprint density at radius 1 is 1.31 bits per heavy atom. The maximum absolute atomic E-state index is 13.2. The van der Waals surface area contributed by atoms with Crippen LogP contribution in [-0.2, 0) is 6.54 Å². The highest BCUT2D eigenvalue weighted by molar-refractivity contribution is 5.76. The lowest BCUT2D eigenvalue weighted by atomic mass is 9.94. The van der Waals surface area contributed by atoms with E-state index in [1.165, 1.54) is 22.9 Å². The third-order valence-electron chi connectivity index (χ3n) is 7.04. The first kappa shape index (κ1) is 24.2. The number of likely N-dealkylation sites (tertiary alicyclic amines) is 1. The molecule has 4 amide bonds. The Balaban J connectivity index is 1.20. The van der Waals surface area contributed by atoms with Crippen LogP contribution in [0.25, 0.3) is 5.69 Å². The van der Waals surface area contributed by atoms with Gasteiger partial charge in [-0.25, -0.2) is 14.3 Å². The molecule has 1 aromatic carbocycles. The van der Waals surface area contributed by atoms with E-state index in [1.54, 1.807) is 19.3 Å². The number of rotatable bonds is 6. The number of urea groups is 2. The van der Waals surface area contributed by atoms with E-state index in [0.717, 1.165) is 38.6 Å². The predicted octanol–water partition coefficient (Wildman–Crippen LogP) is 3.03. The second-order valence-electron chi connectivity index (χ2n) is 9.66. The van der Waals surface area contributed by atoms with Crippen LogP contribution in [0.5, 0.6) is 5.75 Å². The number of carbonyl (C=O) groups is 2. The normalized spacial score (nSPS) is 23.3. The largest absolute Gasteiger partial charge is 0.573 e. The zero-order chi connectivity index (χ0) is 25.5. The van der Waals surface area contributed by atoms with Crippen molar-refractivity contribution in [3.8, 4) is 11.4 Å². The Labute approximate surface area is 205 Å². The molecule has 2 unspecified atom stereocenters. The maximum Gasteiger partial charge on any atom is 0.573 e. The first-order valence-electron chi connectivity index (χ1n) is 12.0. The molecule has 2 heterocycles. The van der Waals surface area contributed by atoms with Crippen molar-refractivity contribution in [1.29, 1.82) is 0 Å². The molecule has 2 aromatic rings. The number of halogens is 3. The fraction of sp³-hybridized carbons (Fsp3) is 0.565. The number of alkyl halides is 3. The van der Waals surface area contributed by atoms with E-state index in [4.69, 9.17) is 0 Å². The molecule has 2 N–H and O–H groups in total. The minimum Gasteiger partial charge on any atom is -0.406 e. The quantitative estimate of drug-likeness (QED) is 0.626. The van der Waals surface area contributed by atoms with Crippen LogP contribution in [0.4, 0.5) is 22.8 Å². The number of hydrogen-bond acceptors (Lipinski definition) is 5. The number of benzene rings is 1. The second kappa shape index (κ2) is 9.17. The minimum atomic E-state index is -4.79. The third kappa shape index (κ3) is 5.19. The third-order valence-corrected chi connectivity index (χ3v) is 7.04. The first-order chi connectivity index (χ1) is 17.2. The van der Waals surface area contributed by atoms with Gasteiger partial charge in [0.15, 0.2) is 0 Å².